The van der Waals surface area contributed by atoms with E-state index in [1.165, 1.54) is 11.8 Å². The minimum atomic E-state index is 0.0573. The number of thioether (sulfide) groups is 2. The first kappa shape index (κ1) is 15.3. The van der Waals surface area contributed by atoms with Crippen LogP contribution in [0.15, 0.2) is 29.3 Å². The molecule has 4 nitrogen and oxygen atoms in total. The van der Waals surface area contributed by atoms with Gasteiger partial charge in [-0.15, -0.1) is 0 Å². The van der Waals surface area contributed by atoms with Crippen molar-refractivity contribution < 1.29 is 4.79 Å². The van der Waals surface area contributed by atoms with Gasteiger partial charge in [0.25, 0.3) is 0 Å². The van der Waals surface area contributed by atoms with Gasteiger partial charge in [-0.05, 0) is 17.7 Å². The minimum Gasteiger partial charge on any atom is -0.378 e. The third kappa shape index (κ3) is 4.76. The Labute approximate surface area is 128 Å². The Morgan fingerprint density at radius 3 is 2.75 bits per heavy atom. The van der Waals surface area contributed by atoms with Crippen LogP contribution in [0.5, 0.6) is 0 Å². The molecule has 108 valence electrons. The summed E-state index contributed by atoms with van der Waals surface area (Å²) in [5.41, 5.74) is 2.27. The molecule has 1 N–H and O–H groups in total. The van der Waals surface area contributed by atoms with Gasteiger partial charge in [0.2, 0.25) is 5.91 Å². The number of benzene rings is 1. The molecule has 1 aliphatic rings. The molecule has 0 atom stereocenters. The number of carbonyl (C=O) groups is 1. The van der Waals surface area contributed by atoms with E-state index in [1.54, 1.807) is 11.8 Å². The molecule has 0 aromatic heterocycles. The number of aliphatic imine (C=N–C) groups is 1. The highest BCUT2D eigenvalue weighted by atomic mass is 32.2. The molecular weight excluding hydrogens is 290 g/mol. The fourth-order valence-corrected chi connectivity index (χ4v) is 3.53. The lowest BCUT2D eigenvalue weighted by atomic mass is 10.2. The van der Waals surface area contributed by atoms with Crippen LogP contribution in [0.3, 0.4) is 0 Å². The van der Waals surface area contributed by atoms with Crippen LogP contribution in [-0.4, -0.2) is 42.4 Å². The molecule has 1 amide bonds. The Morgan fingerprint density at radius 2 is 2.15 bits per heavy atom. The fourth-order valence-electron chi connectivity index (χ4n) is 1.69. The lowest BCUT2D eigenvalue weighted by molar-refractivity contribution is -0.118. The Bertz CT molecular complexity index is 486. The fraction of sp³-hybridized carbons (Fsp3) is 0.429. The van der Waals surface area contributed by atoms with Crippen LogP contribution in [-0.2, 0) is 11.3 Å². The molecule has 0 radical (unpaired) electrons. The zero-order chi connectivity index (χ0) is 14.4. The summed E-state index contributed by atoms with van der Waals surface area (Å²) in [6, 6.07) is 8.19. The SMILES string of the molecule is CN(C)c1ccc(CNC(=O)CSC2=NCCS2)cc1. The number of anilines is 1. The van der Waals surface area contributed by atoms with Crippen LogP contribution in [0.1, 0.15) is 5.56 Å². The first-order valence-electron chi connectivity index (χ1n) is 6.48. The summed E-state index contributed by atoms with van der Waals surface area (Å²) in [5, 5.41) is 2.93. The van der Waals surface area contributed by atoms with Gasteiger partial charge in [0.1, 0.15) is 4.38 Å². The average Bonchev–Trinajstić information content (AvgIpc) is 2.96. The van der Waals surface area contributed by atoms with Crippen LogP contribution in [0, 0.1) is 0 Å². The van der Waals surface area contributed by atoms with Crippen molar-refractivity contribution in [1.29, 1.82) is 0 Å². The second-order valence-electron chi connectivity index (χ2n) is 4.62. The average molecular weight is 309 g/mol. The number of carbonyl (C=O) groups excluding carboxylic acids is 1. The van der Waals surface area contributed by atoms with Gasteiger partial charge >= 0.3 is 0 Å². The molecule has 1 aromatic rings. The predicted octanol–water partition coefficient (Wildman–Crippen LogP) is 2.20. The van der Waals surface area contributed by atoms with Gasteiger partial charge in [0.05, 0.1) is 12.3 Å². The predicted molar refractivity (Wildman–Crippen MR) is 89.8 cm³/mol. The molecule has 2 rings (SSSR count). The van der Waals surface area contributed by atoms with Gasteiger partial charge in [-0.3, -0.25) is 9.79 Å². The molecular formula is C14H19N3OS2. The topological polar surface area (TPSA) is 44.7 Å². The van der Waals surface area contributed by atoms with Crippen molar-refractivity contribution in [2.24, 2.45) is 4.99 Å². The largest absolute Gasteiger partial charge is 0.378 e. The highest BCUT2D eigenvalue weighted by molar-refractivity contribution is 8.39. The maximum absolute atomic E-state index is 11.7. The number of hydrogen-bond acceptors (Lipinski definition) is 5. The molecule has 0 saturated carbocycles. The second kappa shape index (κ2) is 7.59. The molecule has 0 unspecified atom stereocenters. The Kier molecular flexibility index (Phi) is 5.79. The van der Waals surface area contributed by atoms with Crippen molar-refractivity contribution in [3.05, 3.63) is 29.8 Å². The van der Waals surface area contributed by atoms with Gasteiger partial charge < -0.3 is 10.2 Å². The molecule has 0 aliphatic carbocycles. The molecule has 1 aliphatic heterocycles. The number of nitrogens with one attached hydrogen (secondary N) is 1. The van der Waals surface area contributed by atoms with Gasteiger partial charge in [0.15, 0.2) is 0 Å². The maximum atomic E-state index is 11.7. The number of hydrogen-bond donors (Lipinski definition) is 1. The quantitative estimate of drug-likeness (QED) is 0.906. The maximum Gasteiger partial charge on any atom is 0.230 e. The highest BCUT2D eigenvalue weighted by Gasteiger charge is 2.10. The zero-order valence-corrected chi connectivity index (χ0v) is 13.4. The zero-order valence-electron chi connectivity index (χ0n) is 11.8. The second-order valence-corrected chi connectivity index (χ2v) is 6.93. The summed E-state index contributed by atoms with van der Waals surface area (Å²) in [6.45, 7) is 1.46. The van der Waals surface area contributed by atoms with E-state index < -0.39 is 0 Å². The van der Waals surface area contributed by atoms with Crippen molar-refractivity contribution in [2.45, 2.75) is 6.54 Å². The molecule has 0 fully saturated rings. The summed E-state index contributed by atoms with van der Waals surface area (Å²) in [5.74, 6) is 1.55. The summed E-state index contributed by atoms with van der Waals surface area (Å²) >= 11 is 3.26. The van der Waals surface area contributed by atoms with Crippen molar-refractivity contribution in [3.8, 4) is 0 Å². The van der Waals surface area contributed by atoms with Gasteiger partial charge in [-0.1, -0.05) is 35.7 Å². The van der Waals surface area contributed by atoms with Crippen molar-refractivity contribution in [1.82, 2.24) is 5.32 Å². The number of nitrogens with zero attached hydrogens (tertiary/aromatic N) is 2. The van der Waals surface area contributed by atoms with Crippen LogP contribution in [0.25, 0.3) is 0 Å². The van der Waals surface area contributed by atoms with Gasteiger partial charge in [-0.25, -0.2) is 0 Å². The summed E-state index contributed by atoms with van der Waals surface area (Å²) < 4.78 is 1.04. The normalized spacial score (nSPS) is 14.0. The molecule has 1 aromatic carbocycles. The molecule has 20 heavy (non-hydrogen) atoms. The smallest absolute Gasteiger partial charge is 0.230 e. The van der Waals surface area contributed by atoms with Crippen molar-refractivity contribution in [3.63, 3.8) is 0 Å². The van der Waals surface area contributed by atoms with E-state index in [4.69, 9.17) is 0 Å². The van der Waals surface area contributed by atoms with E-state index in [0.29, 0.717) is 12.3 Å². The van der Waals surface area contributed by atoms with E-state index >= 15 is 0 Å². The van der Waals surface area contributed by atoms with E-state index in [-0.39, 0.29) is 5.91 Å². The lowest BCUT2D eigenvalue weighted by Gasteiger charge is -2.12. The van der Waals surface area contributed by atoms with Crippen LogP contribution in [0.2, 0.25) is 0 Å². The Morgan fingerprint density at radius 1 is 1.40 bits per heavy atom. The van der Waals surface area contributed by atoms with Crippen molar-refractivity contribution >= 4 is 39.5 Å². The van der Waals surface area contributed by atoms with E-state index in [9.17, 15) is 4.79 Å². The first-order valence-corrected chi connectivity index (χ1v) is 8.45. The molecule has 6 heteroatoms. The van der Waals surface area contributed by atoms with E-state index in [1.807, 2.05) is 26.2 Å². The molecule has 0 bridgehead atoms. The van der Waals surface area contributed by atoms with Gasteiger partial charge in [-0.2, -0.15) is 0 Å². The lowest BCUT2D eigenvalue weighted by Crippen LogP contribution is -2.24. The van der Waals surface area contributed by atoms with Crippen molar-refractivity contribution in [2.75, 3.05) is 37.0 Å². The number of rotatable bonds is 5. The van der Waals surface area contributed by atoms with E-state index in [2.05, 4.69) is 27.3 Å². The first-order chi connectivity index (χ1) is 9.65. The third-order valence-electron chi connectivity index (χ3n) is 2.83. The Balaban J connectivity index is 1.72. The molecule has 0 saturated heterocycles. The summed E-state index contributed by atoms with van der Waals surface area (Å²) in [7, 11) is 4.02. The van der Waals surface area contributed by atoms with Crippen LogP contribution >= 0.6 is 23.5 Å². The molecule has 1 heterocycles. The third-order valence-corrected chi connectivity index (χ3v) is 5.08. The van der Waals surface area contributed by atoms with Crippen LogP contribution < -0.4 is 10.2 Å². The monoisotopic (exact) mass is 309 g/mol. The Hall–Kier alpha value is -1.14. The standard InChI is InChI=1S/C14H19N3OS2/c1-17(2)12-5-3-11(4-6-12)9-16-13(18)10-20-14-15-7-8-19-14/h3-6H,7-10H2,1-2H3,(H,16,18). The highest BCUT2D eigenvalue weighted by Crippen LogP contribution is 2.21. The summed E-state index contributed by atoms with van der Waals surface area (Å²) in [6.07, 6.45) is 0. The molecule has 0 spiro atoms. The minimum absolute atomic E-state index is 0.0573. The number of amides is 1. The summed E-state index contributed by atoms with van der Waals surface area (Å²) in [4.78, 5) is 18.1. The van der Waals surface area contributed by atoms with E-state index in [0.717, 1.165) is 27.9 Å². The van der Waals surface area contributed by atoms with Crippen LogP contribution in [0.4, 0.5) is 5.69 Å². The van der Waals surface area contributed by atoms with Gasteiger partial charge in [0, 0.05) is 32.1 Å².